The fraction of sp³-hybridized carbons (Fsp3) is 0.286. The maximum Gasteiger partial charge on any atom is 0.337 e. The van der Waals surface area contributed by atoms with E-state index >= 15 is 0 Å². The van der Waals surface area contributed by atoms with Crippen molar-refractivity contribution in [2.75, 3.05) is 7.11 Å². The number of imidazole rings is 1. The number of rotatable bonds is 3. The second kappa shape index (κ2) is 5.04. The molecular formula is C14H16N2O2. The van der Waals surface area contributed by atoms with Crippen LogP contribution in [-0.4, -0.2) is 23.0 Å². The lowest BCUT2D eigenvalue weighted by Crippen LogP contribution is -2.00. The number of methoxy groups -OCH3 is 1. The van der Waals surface area contributed by atoms with E-state index in [0.717, 1.165) is 17.1 Å². The van der Waals surface area contributed by atoms with Gasteiger partial charge in [0.1, 0.15) is 5.82 Å². The summed E-state index contributed by atoms with van der Waals surface area (Å²) in [4.78, 5) is 18.9. The van der Waals surface area contributed by atoms with Crippen LogP contribution in [0.5, 0.6) is 0 Å². The van der Waals surface area contributed by atoms with Crippen molar-refractivity contribution in [3.8, 4) is 11.3 Å². The van der Waals surface area contributed by atoms with Crippen LogP contribution in [0.2, 0.25) is 0 Å². The molecule has 0 aliphatic carbocycles. The van der Waals surface area contributed by atoms with E-state index in [2.05, 4.69) is 28.6 Å². The van der Waals surface area contributed by atoms with Crippen molar-refractivity contribution < 1.29 is 9.53 Å². The minimum Gasteiger partial charge on any atom is -0.465 e. The van der Waals surface area contributed by atoms with Crippen molar-refractivity contribution >= 4 is 5.97 Å². The second-order valence-corrected chi connectivity index (χ2v) is 4.41. The molecule has 0 saturated carbocycles. The van der Waals surface area contributed by atoms with E-state index in [4.69, 9.17) is 0 Å². The Morgan fingerprint density at radius 3 is 2.44 bits per heavy atom. The van der Waals surface area contributed by atoms with Crippen LogP contribution in [-0.2, 0) is 4.74 Å². The largest absolute Gasteiger partial charge is 0.465 e. The Morgan fingerprint density at radius 2 is 1.94 bits per heavy atom. The van der Waals surface area contributed by atoms with Crippen molar-refractivity contribution in [3.63, 3.8) is 0 Å². The molecule has 0 spiro atoms. The number of benzene rings is 1. The molecule has 0 bridgehead atoms. The Morgan fingerprint density at radius 1 is 1.28 bits per heavy atom. The van der Waals surface area contributed by atoms with Gasteiger partial charge in [-0.05, 0) is 17.7 Å². The molecule has 0 fully saturated rings. The third kappa shape index (κ3) is 2.42. The van der Waals surface area contributed by atoms with Gasteiger partial charge in [-0.25, -0.2) is 9.78 Å². The number of hydrogen-bond donors (Lipinski definition) is 1. The van der Waals surface area contributed by atoms with E-state index < -0.39 is 0 Å². The summed E-state index contributed by atoms with van der Waals surface area (Å²) < 4.78 is 4.66. The molecule has 0 atom stereocenters. The maximum atomic E-state index is 11.3. The third-order valence-corrected chi connectivity index (χ3v) is 2.76. The molecular weight excluding hydrogens is 228 g/mol. The Balaban J connectivity index is 2.25. The molecule has 0 amide bonds. The molecule has 0 saturated heterocycles. The summed E-state index contributed by atoms with van der Waals surface area (Å²) >= 11 is 0. The van der Waals surface area contributed by atoms with Gasteiger partial charge in [-0.15, -0.1) is 0 Å². The van der Waals surface area contributed by atoms with Crippen LogP contribution in [0.25, 0.3) is 11.3 Å². The van der Waals surface area contributed by atoms with E-state index in [9.17, 15) is 4.79 Å². The predicted octanol–water partition coefficient (Wildman–Crippen LogP) is 2.99. The zero-order chi connectivity index (χ0) is 13.1. The maximum absolute atomic E-state index is 11.3. The van der Waals surface area contributed by atoms with Gasteiger partial charge in [-0.2, -0.15) is 0 Å². The molecule has 0 aliphatic heterocycles. The standard InChI is InChI=1S/C14H16N2O2/c1-9(2)13-15-8-12(16-13)10-4-6-11(7-5-10)14(17)18-3/h4-9H,1-3H3,(H,15,16). The SMILES string of the molecule is COC(=O)c1ccc(-c2cnc(C(C)C)[nH]2)cc1. The molecule has 0 radical (unpaired) electrons. The number of carbonyl (C=O) groups excluding carboxylic acids is 1. The minimum atomic E-state index is -0.325. The smallest absolute Gasteiger partial charge is 0.337 e. The van der Waals surface area contributed by atoms with Crippen molar-refractivity contribution in [2.24, 2.45) is 0 Å². The molecule has 4 heteroatoms. The zero-order valence-electron chi connectivity index (χ0n) is 10.7. The van der Waals surface area contributed by atoms with Crippen LogP contribution in [0.4, 0.5) is 0 Å². The Hall–Kier alpha value is -2.10. The van der Waals surface area contributed by atoms with E-state index in [1.54, 1.807) is 12.1 Å². The zero-order valence-corrected chi connectivity index (χ0v) is 10.7. The van der Waals surface area contributed by atoms with Crippen molar-refractivity contribution in [2.45, 2.75) is 19.8 Å². The monoisotopic (exact) mass is 244 g/mol. The lowest BCUT2D eigenvalue weighted by Gasteiger charge is -2.02. The van der Waals surface area contributed by atoms with Gasteiger partial charge in [0.25, 0.3) is 0 Å². The summed E-state index contributed by atoms with van der Waals surface area (Å²) in [6.07, 6.45) is 1.81. The second-order valence-electron chi connectivity index (χ2n) is 4.41. The first kappa shape index (κ1) is 12.4. The van der Waals surface area contributed by atoms with Crippen molar-refractivity contribution in [1.29, 1.82) is 0 Å². The third-order valence-electron chi connectivity index (χ3n) is 2.76. The van der Waals surface area contributed by atoms with Gasteiger partial charge in [0.2, 0.25) is 0 Å². The molecule has 0 unspecified atom stereocenters. The molecule has 2 rings (SSSR count). The first-order valence-electron chi connectivity index (χ1n) is 5.85. The van der Waals surface area contributed by atoms with Crippen LogP contribution in [0.15, 0.2) is 30.5 Å². The first-order valence-corrected chi connectivity index (χ1v) is 5.85. The number of esters is 1. The lowest BCUT2D eigenvalue weighted by molar-refractivity contribution is 0.0601. The van der Waals surface area contributed by atoms with Crippen LogP contribution in [0.1, 0.15) is 35.9 Å². The number of nitrogens with one attached hydrogen (secondary N) is 1. The number of aromatic nitrogens is 2. The number of carbonyl (C=O) groups is 1. The molecule has 18 heavy (non-hydrogen) atoms. The van der Waals surface area contributed by atoms with E-state index in [-0.39, 0.29) is 5.97 Å². The topological polar surface area (TPSA) is 55.0 Å². The Bertz CT molecular complexity index is 541. The van der Waals surface area contributed by atoms with Gasteiger partial charge < -0.3 is 9.72 Å². The van der Waals surface area contributed by atoms with Gasteiger partial charge >= 0.3 is 5.97 Å². The molecule has 2 aromatic rings. The minimum absolute atomic E-state index is 0.325. The van der Waals surface area contributed by atoms with Gasteiger partial charge in [0.15, 0.2) is 0 Å². The van der Waals surface area contributed by atoms with Gasteiger partial charge in [-0.1, -0.05) is 26.0 Å². The summed E-state index contributed by atoms with van der Waals surface area (Å²) in [5, 5.41) is 0. The number of nitrogens with zero attached hydrogens (tertiary/aromatic N) is 1. The van der Waals surface area contributed by atoms with Crippen LogP contribution < -0.4 is 0 Å². The van der Waals surface area contributed by atoms with E-state index in [1.807, 2.05) is 18.3 Å². The summed E-state index contributed by atoms with van der Waals surface area (Å²) in [7, 11) is 1.38. The number of aromatic amines is 1. The molecule has 1 aromatic carbocycles. The molecule has 1 N–H and O–H groups in total. The first-order chi connectivity index (χ1) is 8.61. The molecule has 4 nitrogen and oxygen atoms in total. The summed E-state index contributed by atoms with van der Waals surface area (Å²) in [6, 6.07) is 7.25. The summed E-state index contributed by atoms with van der Waals surface area (Å²) in [6.45, 7) is 4.17. The molecule has 94 valence electrons. The quantitative estimate of drug-likeness (QED) is 0.844. The average molecular weight is 244 g/mol. The highest BCUT2D eigenvalue weighted by Crippen LogP contribution is 2.20. The number of hydrogen-bond acceptors (Lipinski definition) is 3. The Kier molecular flexibility index (Phi) is 3.46. The predicted molar refractivity (Wildman–Crippen MR) is 69.5 cm³/mol. The summed E-state index contributed by atoms with van der Waals surface area (Å²) in [5.41, 5.74) is 2.50. The van der Waals surface area contributed by atoms with Gasteiger partial charge in [0.05, 0.1) is 24.6 Å². The molecule has 1 heterocycles. The van der Waals surface area contributed by atoms with Crippen LogP contribution in [0.3, 0.4) is 0 Å². The average Bonchev–Trinajstić information content (AvgIpc) is 2.88. The van der Waals surface area contributed by atoms with E-state index in [0.29, 0.717) is 11.5 Å². The fourth-order valence-electron chi connectivity index (χ4n) is 1.68. The highest BCUT2D eigenvalue weighted by Gasteiger charge is 2.08. The molecule has 1 aromatic heterocycles. The van der Waals surface area contributed by atoms with Crippen molar-refractivity contribution in [3.05, 3.63) is 41.9 Å². The number of H-pyrrole nitrogens is 1. The van der Waals surface area contributed by atoms with E-state index in [1.165, 1.54) is 7.11 Å². The van der Waals surface area contributed by atoms with Gasteiger partial charge in [-0.3, -0.25) is 0 Å². The normalized spacial score (nSPS) is 10.7. The summed E-state index contributed by atoms with van der Waals surface area (Å²) in [5.74, 6) is 1.00. The van der Waals surface area contributed by atoms with Crippen molar-refractivity contribution in [1.82, 2.24) is 9.97 Å². The fourth-order valence-corrected chi connectivity index (χ4v) is 1.68. The number of ether oxygens (including phenoxy) is 1. The van der Waals surface area contributed by atoms with Gasteiger partial charge in [0, 0.05) is 5.92 Å². The van der Waals surface area contributed by atoms with Crippen LogP contribution >= 0.6 is 0 Å². The van der Waals surface area contributed by atoms with Crippen LogP contribution in [0, 0.1) is 0 Å². The lowest BCUT2D eigenvalue weighted by atomic mass is 10.1. The Labute approximate surface area is 106 Å². The highest BCUT2D eigenvalue weighted by molar-refractivity contribution is 5.89. The highest BCUT2D eigenvalue weighted by atomic mass is 16.5. The molecule has 0 aliphatic rings.